The summed E-state index contributed by atoms with van der Waals surface area (Å²) in [6, 6.07) is 9.08. The molecule has 0 aliphatic heterocycles. The Morgan fingerprint density at radius 3 is 2.22 bits per heavy atom. The van der Waals surface area contributed by atoms with E-state index in [0.717, 1.165) is 11.1 Å². The van der Waals surface area contributed by atoms with Crippen LogP contribution in [0.2, 0.25) is 5.02 Å². The van der Waals surface area contributed by atoms with Gasteiger partial charge in [-0.15, -0.1) is 0 Å². The smallest absolute Gasteiger partial charge is 0.227 e. The Morgan fingerprint density at radius 1 is 1.11 bits per heavy atom. The van der Waals surface area contributed by atoms with Crippen molar-refractivity contribution in [2.45, 2.75) is 20.4 Å². The maximum absolute atomic E-state index is 12.1. The van der Waals surface area contributed by atoms with Gasteiger partial charge in [0.1, 0.15) is 0 Å². The minimum atomic E-state index is 0.0849. The summed E-state index contributed by atoms with van der Waals surface area (Å²) >= 11 is 5.80. The molecule has 1 heterocycles. The van der Waals surface area contributed by atoms with Gasteiger partial charge in [0.05, 0.1) is 0 Å². The fraction of sp³-hybridized carbons (Fsp3) is 0.200. The third-order valence-corrected chi connectivity index (χ3v) is 2.94. The van der Waals surface area contributed by atoms with E-state index in [-0.39, 0.29) is 5.78 Å². The Hall–Kier alpha value is -1.67. The van der Waals surface area contributed by atoms with Gasteiger partial charge in [-0.05, 0) is 44.2 Å². The minimum Gasteiger partial charge on any atom is -0.287 e. The van der Waals surface area contributed by atoms with Gasteiger partial charge in [0, 0.05) is 21.7 Å². The first kappa shape index (κ1) is 12.8. The molecule has 0 aliphatic rings. The summed E-state index contributed by atoms with van der Waals surface area (Å²) in [4.78, 5) is 12.1. The van der Waals surface area contributed by atoms with Gasteiger partial charge in [0.2, 0.25) is 12.3 Å². The van der Waals surface area contributed by atoms with Gasteiger partial charge in [-0.1, -0.05) is 11.6 Å². The third kappa shape index (κ3) is 3.17. The average Bonchev–Trinajstić information content (AvgIpc) is 2.28. The first-order valence-corrected chi connectivity index (χ1v) is 6.18. The van der Waals surface area contributed by atoms with Crippen molar-refractivity contribution in [1.29, 1.82) is 0 Å². The van der Waals surface area contributed by atoms with E-state index in [1.165, 1.54) is 0 Å². The standard InChI is InChI=1S/C15H15ClNO/c1-11-7-12(2)9-17(8-11)10-15(18)13-3-5-14(16)6-4-13/h3-9H,10H2,1-2H3/q+1. The number of hydrogen-bond acceptors (Lipinski definition) is 1. The van der Waals surface area contributed by atoms with Crippen LogP contribution in [0.4, 0.5) is 0 Å². The average molecular weight is 261 g/mol. The minimum absolute atomic E-state index is 0.0849. The Labute approximate surface area is 112 Å². The number of ketones is 1. The molecule has 2 rings (SSSR count). The summed E-state index contributed by atoms with van der Waals surface area (Å²) in [7, 11) is 0. The van der Waals surface area contributed by atoms with Crippen molar-refractivity contribution < 1.29 is 9.36 Å². The summed E-state index contributed by atoms with van der Waals surface area (Å²) < 4.78 is 1.92. The molecule has 0 atom stereocenters. The molecule has 0 saturated carbocycles. The van der Waals surface area contributed by atoms with E-state index < -0.39 is 0 Å². The molecule has 0 spiro atoms. The monoisotopic (exact) mass is 260 g/mol. The molecule has 0 bridgehead atoms. The van der Waals surface area contributed by atoms with Gasteiger partial charge in [0.25, 0.3) is 0 Å². The molecule has 2 nitrogen and oxygen atoms in total. The second kappa shape index (κ2) is 5.32. The van der Waals surface area contributed by atoms with E-state index in [1.807, 2.05) is 30.8 Å². The Bertz CT molecular complexity index is 555. The SMILES string of the molecule is Cc1cc(C)c[n+](CC(=O)c2ccc(Cl)cc2)c1. The molecule has 3 heteroatoms. The Balaban J connectivity index is 2.18. The number of Topliss-reactive ketones (excluding diaryl/α,β-unsaturated/α-hetero) is 1. The molecule has 92 valence electrons. The quantitative estimate of drug-likeness (QED) is 0.614. The van der Waals surface area contributed by atoms with Crippen molar-refractivity contribution >= 4 is 17.4 Å². The fourth-order valence-electron chi connectivity index (χ4n) is 1.98. The summed E-state index contributed by atoms with van der Waals surface area (Å²) in [5, 5.41) is 0.644. The number of halogens is 1. The van der Waals surface area contributed by atoms with Gasteiger partial charge < -0.3 is 0 Å². The normalized spacial score (nSPS) is 10.4. The Kier molecular flexibility index (Phi) is 3.78. The van der Waals surface area contributed by atoms with Gasteiger partial charge in [-0.25, -0.2) is 0 Å². The van der Waals surface area contributed by atoms with Crippen LogP contribution >= 0.6 is 11.6 Å². The molecule has 0 amide bonds. The molecule has 1 aromatic heterocycles. The molecule has 2 aromatic rings. The lowest BCUT2D eigenvalue weighted by Crippen LogP contribution is -2.38. The number of aryl methyl sites for hydroxylation is 2. The summed E-state index contributed by atoms with van der Waals surface area (Å²) in [6.45, 7) is 4.40. The summed E-state index contributed by atoms with van der Waals surface area (Å²) in [5.41, 5.74) is 2.99. The maximum atomic E-state index is 12.1. The zero-order chi connectivity index (χ0) is 13.1. The molecule has 0 saturated heterocycles. The van der Waals surface area contributed by atoms with Crippen molar-refractivity contribution in [2.24, 2.45) is 0 Å². The number of benzene rings is 1. The number of hydrogen-bond donors (Lipinski definition) is 0. The van der Waals surface area contributed by atoms with E-state index in [1.54, 1.807) is 24.3 Å². The highest BCUT2D eigenvalue weighted by molar-refractivity contribution is 6.30. The van der Waals surface area contributed by atoms with Crippen LogP contribution < -0.4 is 4.57 Å². The van der Waals surface area contributed by atoms with Crippen molar-refractivity contribution in [3.8, 4) is 0 Å². The van der Waals surface area contributed by atoms with Crippen molar-refractivity contribution in [3.63, 3.8) is 0 Å². The van der Waals surface area contributed by atoms with E-state index in [9.17, 15) is 4.79 Å². The molecular formula is C15H15ClNO+. The van der Waals surface area contributed by atoms with E-state index in [2.05, 4.69) is 6.07 Å². The molecule has 0 aliphatic carbocycles. The number of rotatable bonds is 3. The molecular weight excluding hydrogens is 246 g/mol. The summed E-state index contributed by atoms with van der Waals surface area (Å²) in [5.74, 6) is 0.0849. The van der Waals surface area contributed by atoms with E-state index >= 15 is 0 Å². The van der Waals surface area contributed by atoms with Gasteiger partial charge >= 0.3 is 0 Å². The number of nitrogens with zero attached hydrogens (tertiary/aromatic N) is 1. The topological polar surface area (TPSA) is 20.9 Å². The fourth-order valence-corrected chi connectivity index (χ4v) is 2.10. The van der Waals surface area contributed by atoms with Crippen molar-refractivity contribution in [3.05, 3.63) is 64.4 Å². The van der Waals surface area contributed by atoms with Crippen LogP contribution in [0.3, 0.4) is 0 Å². The third-order valence-electron chi connectivity index (χ3n) is 2.69. The van der Waals surface area contributed by atoms with Crippen molar-refractivity contribution in [1.82, 2.24) is 0 Å². The second-order valence-electron chi connectivity index (χ2n) is 4.49. The molecule has 0 unspecified atom stereocenters. The van der Waals surface area contributed by atoms with Crippen LogP contribution in [0.5, 0.6) is 0 Å². The van der Waals surface area contributed by atoms with Gasteiger partial charge in [-0.2, -0.15) is 4.57 Å². The highest BCUT2D eigenvalue weighted by atomic mass is 35.5. The number of aromatic nitrogens is 1. The summed E-state index contributed by atoms with van der Waals surface area (Å²) in [6.07, 6.45) is 3.95. The first-order valence-electron chi connectivity index (χ1n) is 5.81. The zero-order valence-corrected chi connectivity index (χ0v) is 11.2. The maximum Gasteiger partial charge on any atom is 0.227 e. The highest BCUT2D eigenvalue weighted by Gasteiger charge is 2.12. The van der Waals surface area contributed by atoms with E-state index in [0.29, 0.717) is 17.1 Å². The highest BCUT2D eigenvalue weighted by Crippen LogP contribution is 2.10. The second-order valence-corrected chi connectivity index (χ2v) is 4.93. The first-order chi connectivity index (χ1) is 8.54. The lowest BCUT2D eigenvalue weighted by atomic mass is 10.1. The van der Waals surface area contributed by atoms with Gasteiger partial charge in [-0.3, -0.25) is 4.79 Å². The molecule has 18 heavy (non-hydrogen) atoms. The van der Waals surface area contributed by atoms with Crippen LogP contribution in [-0.2, 0) is 6.54 Å². The Morgan fingerprint density at radius 2 is 1.67 bits per heavy atom. The lowest BCUT2D eigenvalue weighted by Gasteiger charge is -2.00. The zero-order valence-electron chi connectivity index (χ0n) is 10.5. The molecule has 1 aromatic carbocycles. The molecule has 0 fully saturated rings. The van der Waals surface area contributed by atoms with Crippen LogP contribution in [-0.4, -0.2) is 5.78 Å². The molecule has 0 N–H and O–H groups in total. The number of carbonyl (C=O) groups excluding carboxylic acids is 1. The van der Waals surface area contributed by atoms with Crippen LogP contribution in [0.15, 0.2) is 42.7 Å². The largest absolute Gasteiger partial charge is 0.287 e. The molecule has 0 radical (unpaired) electrons. The van der Waals surface area contributed by atoms with Crippen LogP contribution in [0.25, 0.3) is 0 Å². The van der Waals surface area contributed by atoms with Gasteiger partial charge in [0.15, 0.2) is 12.4 Å². The van der Waals surface area contributed by atoms with Crippen molar-refractivity contribution in [2.75, 3.05) is 0 Å². The number of pyridine rings is 1. The predicted molar refractivity (Wildman–Crippen MR) is 71.9 cm³/mol. The van der Waals surface area contributed by atoms with E-state index in [4.69, 9.17) is 11.6 Å². The van der Waals surface area contributed by atoms with Crippen LogP contribution in [0.1, 0.15) is 21.5 Å². The predicted octanol–water partition coefficient (Wildman–Crippen LogP) is 3.13. The van der Waals surface area contributed by atoms with Crippen LogP contribution in [0, 0.1) is 13.8 Å². The number of carbonyl (C=O) groups is 1. The lowest BCUT2D eigenvalue weighted by molar-refractivity contribution is -0.683.